The van der Waals surface area contributed by atoms with Crippen molar-refractivity contribution in [3.63, 3.8) is 0 Å². The molecule has 0 N–H and O–H groups in total. The second-order valence-corrected chi connectivity index (χ2v) is 9.54. The Kier molecular flexibility index (Phi) is 7.32. The zero-order chi connectivity index (χ0) is 23.2. The van der Waals surface area contributed by atoms with Gasteiger partial charge in [-0.25, -0.2) is 4.39 Å². The summed E-state index contributed by atoms with van der Waals surface area (Å²) in [4.78, 5) is 0. The number of halogens is 1. The van der Waals surface area contributed by atoms with Crippen molar-refractivity contribution in [1.29, 1.82) is 0 Å². The second kappa shape index (κ2) is 10.6. The number of hydrogen-bond acceptors (Lipinski definition) is 0. The highest BCUT2D eigenvalue weighted by molar-refractivity contribution is 5.51. The quantitative estimate of drug-likeness (QED) is 0.364. The third kappa shape index (κ3) is 6.37. The zero-order valence-electron chi connectivity index (χ0n) is 19.8. The molecule has 0 heterocycles. The highest BCUT2D eigenvalue weighted by Gasteiger charge is 2.18. The SMILES string of the molecule is Cc1ccc(C#Cc2ccc(C#Cc3ccc(CC4CCC(C)CC4)cc3)cc2C)c(F)c1. The van der Waals surface area contributed by atoms with Crippen LogP contribution in [0.15, 0.2) is 60.7 Å². The van der Waals surface area contributed by atoms with Gasteiger partial charge in [-0.3, -0.25) is 0 Å². The number of rotatable bonds is 2. The maximum atomic E-state index is 14.0. The monoisotopic (exact) mass is 434 g/mol. The molecule has 0 atom stereocenters. The van der Waals surface area contributed by atoms with E-state index < -0.39 is 0 Å². The lowest BCUT2D eigenvalue weighted by Crippen LogP contribution is -2.14. The van der Waals surface area contributed by atoms with Crippen molar-refractivity contribution in [3.05, 3.63) is 105 Å². The predicted molar refractivity (Wildman–Crippen MR) is 136 cm³/mol. The van der Waals surface area contributed by atoms with E-state index in [4.69, 9.17) is 0 Å². The summed E-state index contributed by atoms with van der Waals surface area (Å²) in [6.07, 6.45) is 6.67. The average molecular weight is 435 g/mol. The van der Waals surface area contributed by atoms with Crippen LogP contribution in [0.5, 0.6) is 0 Å². The first-order valence-electron chi connectivity index (χ1n) is 12.0. The standard InChI is InChI=1S/C32H31F/c1-23-4-7-28(8-5-23)22-29-13-10-26(11-14-29)9-12-27-15-17-30(25(3)21-27)18-19-31-16-6-24(2)20-32(31)33/h6,10-11,13-17,20-21,23,28H,4-5,7-8,22H2,1-3H3. The van der Waals surface area contributed by atoms with Crippen LogP contribution in [0.3, 0.4) is 0 Å². The van der Waals surface area contributed by atoms with Crippen LogP contribution in [0.25, 0.3) is 0 Å². The van der Waals surface area contributed by atoms with Gasteiger partial charge >= 0.3 is 0 Å². The van der Waals surface area contributed by atoms with Gasteiger partial charge in [0.25, 0.3) is 0 Å². The van der Waals surface area contributed by atoms with Crippen LogP contribution >= 0.6 is 0 Å². The molecule has 0 unspecified atom stereocenters. The molecule has 0 amide bonds. The summed E-state index contributed by atoms with van der Waals surface area (Å²) in [5.74, 6) is 14.1. The summed E-state index contributed by atoms with van der Waals surface area (Å²) >= 11 is 0. The van der Waals surface area contributed by atoms with Crippen molar-refractivity contribution in [3.8, 4) is 23.7 Å². The van der Waals surface area contributed by atoms with Gasteiger partial charge < -0.3 is 0 Å². The van der Waals surface area contributed by atoms with Gasteiger partial charge in [-0.1, -0.05) is 61.6 Å². The van der Waals surface area contributed by atoms with Crippen LogP contribution in [-0.2, 0) is 6.42 Å². The molecule has 0 spiro atoms. The lowest BCUT2D eigenvalue weighted by atomic mass is 9.80. The molecule has 0 aromatic heterocycles. The molecule has 166 valence electrons. The van der Waals surface area contributed by atoms with E-state index in [-0.39, 0.29) is 5.82 Å². The van der Waals surface area contributed by atoms with E-state index in [1.165, 1.54) is 43.7 Å². The highest BCUT2D eigenvalue weighted by Crippen LogP contribution is 2.30. The molecule has 1 saturated carbocycles. The van der Waals surface area contributed by atoms with Crippen LogP contribution in [0.1, 0.15) is 71.6 Å². The lowest BCUT2D eigenvalue weighted by Gasteiger charge is -2.26. The number of hydrogen-bond donors (Lipinski definition) is 0. The summed E-state index contributed by atoms with van der Waals surface area (Å²) in [6.45, 7) is 6.26. The van der Waals surface area contributed by atoms with Crippen molar-refractivity contribution in [1.82, 2.24) is 0 Å². The molecule has 3 aromatic rings. The Labute approximate surface area is 198 Å². The molecule has 0 saturated heterocycles. The molecule has 1 fully saturated rings. The fourth-order valence-corrected chi connectivity index (χ4v) is 4.47. The molecule has 1 heteroatoms. The van der Waals surface area contributed by atoms with Crippen LogP contribution < -0.4 is 0 Å². The fourth-order valence-electron chi connectivity index (χ4n) is 4.47. The van der Waals surface area contributed by atoms with E-state index in [0.717, 1.165) is 39.7 Å². The smallest absolute Gasteiger partial charge is 0.139 e. The topological polar surface area (TPSA) is 0 Å². The van der Waals surface area contributed by atoms with Gasteiger partial charge in [0.05, 0.1) is 5.56 Å². The van der Waals surface area contributed by atoms with Crippen molar-refractivity contribution < 1.29 is 4.39 Å². The minimum Gasteiger partial charge on any atom is -0.206 e. The third-order valence-electron chi connectivity index (χ3n) is 6.65. The second-order valence-electron chi connectivity index (χ2n) is 9.54. The molecular weight excluding hydrogens is 403 g/mol. The van der Waals surface area contributed by atoms with Gasteiger partial charge in [0.15, 0.2) is 0 Å². The van der Waals surface area contributed by atoms with E-state index in [2.05, 4.69) is 54.9 Å². The van der Waals surface area contributed by atoms with Gasteiger partial charge in [0.2, 0.25) is 0 Å². The van der Waals surface area contributed by atoms with E-state index in [1.807, 2.05) is 38.1 Å². The Morgan fingerprint density at radius 1 is 0.727 bits per heavy atom. The average Bonchev–Trinajstić information content (AvgIpc) is 2.80. The Hall–Kier alpha value is -3.29. The molecule has 0 aliphatic heterocycles. The molecule has 0 bridgehead atoms. The number of aryl methyl sites for hydroxylation is 2. The highest BCUT2D eigenvalue weighted by atomic mass is 19.1. The molecule has 33 heavy (non-hydrogen) atoms. The minimum atomic E-state index is -0.276. The van der Waals surface area contributed by atoms with E-state index in [9.17, 15) is 4.39 Å². The largest absolute Gasteiger partial charge is 0.206 e. The maximum Gasteiger partial charge on any atom is 0.139 e. The summed E-state index contributed by atoms with van der Waals surface area (Å²) in [6, 6.07) is 19.8. The fraction of sp³-hybridized carbons (Fsp3) is 0.312. The number of benzene rings is 3. The summed E-state index contributed by atoms with van der Waals surface area (Å²) < 4.78 is 14.0. The molecule has 1 aliphatic rings. The third-order valence-corrected chi connectivity index (χ3v) is 6.65. The van der Waals surface area contributed by atoms with Gasteiger partial charge in [0.1, 0.15) is 5.82 Å². The normalized spacial score (nSPS) is 17.5. The van der Waals surface area contributed by atoms with Gasteiger partial charge in [-0.05, 0) is 104 Å². The minimum absolute atomic E-state index is 0.276. The van der Waals surface area contributed by atoms with Crippen molar-refractivity contribution in [2.24, 2.45) is 11.8 Å². The predicted octanol–water partition coefficient (Wildman–Crippen LogP) is 7.61. The van der Waals surface area contributed by atoms with Gasteiger partial charge in [-0.2, -0.15) is 0 Å². The molecule has 1 aliphatic carbocycles. The van der Waals surface area contributed by atoms with Gasteiger partial charge in [-0.15, -0.1) is 0 Å². The summed E-state index contributed by atoms with van der Waals surface area (Å²) in [5, 5.41) is 0. The Morgan fingerprint density at radius 2 is 1.36 bits per heavy atom. The molecule has 0 radical (unpaired) electrons. The maximum absolute atomic E-state index is 14.0. The van der Waals surface area contributed by atoms with Crippen molar-refractivity contribution in [2.45, 2.75) is 52.9 Å². The van der Waals surface area contributed by atoms with Crippen molar-refractivity contribution in [2.75, 3.05) is 0 Å². The van der Waals surface area contributed by atoms with Gasteiger partial charge in [0, 0.05) is 16.7 Å². The first-order chi connectivity index (χ1) is 16.0. The molecule has 4 rings (SSSR count). The first kappa shape index (κ1) is 22.9. The van der Waals surface area contributed by atoms with Crippen LogP contribution in [0, 0.1) is 55.2 Å². The molecule has 3 aromatic carbocycles. The molecule has 0 nitrogen and oxygen atoms in total. The van der Waals surface area contributed by atoms with E-state index >= 15 is 0 Å². The Morgan fingerprint density at radius 3 is 2.06 bits per heavy atom. The van der Waals surface area contributed by atoms with Crippen LogP contribution in [-0.4, -0.2) is 0 Å². The molecular formula is C32H31F. The Bertz CT molecular complexity index is 1230. The van der Waals surface area contributed by atoms with E-state index in [0.29, 0.717) is 5.56 Å². The lowest BCUT2D eigenvalue weighted by molar-refractivity contribution is 0.289. The van der Waals surface area contributed by atoms with Crippen LogP contribution in [0.2, 0.25) is 0 Å². The van der Waals surface area contributed by atoms with Crippen molar-refractivity contribution >= 4 is 0 Å². The Balaban J connectivity index is 1.41. The zero-order valence-corrected chi connectivity index (χ0v) is 19.8. The first-order valence-corrected chi connectivity index (χ1v) is 12.0. The van der Waals surface area contributed by atoms with Crippen LogP contribution in [0.4, 0.5) is 4.39 Å². The van der Waals surface area contributed by atoms with E-state index in [1.54, 1.807) is 6.07 Å². The summed E-state index contributed by atoms with van der Waals surface area (Å²) in [7, 11) is 0. The summed E-state index contributed by atoms with van der Waals surface area (Å²) in [5.41, 5.74) is 6.66.